The minimum absolute atomic E-state index is 0. The van der Waals surface area contributed by atoms with Crippen LogP contribution in [-0.2, 0) is 84.8 Å². The fourth-order valence-corrected chi connectivity index (χ4v) is 0. The predicted molar refractivity (Wildman–Crippen MR) is 0 cm³/mol. The Hall–Kier alpha value is 5.51. The normalized spacial score (nSPS) is 0. The molecule has 0 aliphatic heterocycles. The molecule has 22 valence electrons. The Balaban J connectivity index is 0. The predicted octanol–water partition coefficient (Wildman–Crippen LogP) is -0.00750. The largest absolute Gasteiger partial charge is 0 e. The van der Waals surface area contributed by atoms with Crippen LogP contribution in [0.2, 0.25) is 0 Å². The van der Waals surface area contributed by atoms with Gasteiger partial charge in [-0.25, -0.2) is 0 Å². The smallest absolute Gasteiger partial charge is 0 e. The Kier molecular flexibility index (Phi) is 142. The summed E-state index contributed by atoms with van der Waals surface area (Å²) in [4.78, 5) is 0. The minimum Gasteiger partial charge on any atom is 0 e. The number of rotatable bonds is 0. The zero-order valence-corrected chi connectivity index (χ0v) is 15.5. The third kappa shape index (κ3) is 17.7. The molecule has 5 heteroatoms. The summed E-state index contributed by atoms with van der Waals surface area (Å²) >= 11 is 0. The third-order valence-electron chi connectivity index (χ3n) is 0. The fourth-order valence-electron chi connectivity index (χ4n) is 0. The molecule has 0 amide bonds. The Morgan fingerprint density at radius 3 is 1.00 bits per heavy atom. The van der Waals surface area contributed by atoms with Crippen molar-refractivity contribution in [1.29, 1.82) is 0 Å². The second-order valence-electron chi connectivity index (χ2n) is 0. The van der Waals surface area contributed by atoms with E-state index in [1.54, 1.807) is 0 Å². The SMILES string of the molecule is [Pr].[Sc].[Tb].[Y].[Zr]. The quantitative estimate of drug-likeness (QED) is 0.418. The van der Waals surface area contributed by atoms with Gasteiger partial charge in [0.2, 0.25) is 0 Å². The van der Waals surface area contributed by atoms with Gasteiger partial charge in [-0.05, 0) is 0 Å². The van der Waals surface area contributed by atoms with Crippen molar-refractivity contribution in [2.24, 2.45) is 0 Å². The van der Waals surface area contributed by atoms with Gasteiger partial charge in [0.1, 0.15) is 0 Å². The van der Waals surface area contributed by atoms with Gasteiger partial charge < -0.3 is 0 Å². The molecule has 0 bridgehead atoms. The van der Waals surface area contributed by atoms with Crippen LogP contribution in [0, 0.1) is 79.9 Å². The molecular formula is PrScTbYZr. The first-order valence-corrected chi connectivity index (χ1v) is 0. The molecule has 0 spiro atoms. The molecule has 0 aliphatic carbocycles. The van der Waals surface area contributed by atoms with E-state index in [4.69, 9.17) is 0 Å². The molecule has 0 saturated carbocycles. The van der Waals surface area contributed by atoms with E-state index >= 15 is 0 Å². The standard InChI is InChI=1S/Pr.Sc.Tb.Y.Zr. The summed E-state index contributed by atoms with van der Waals surface area (Å²) in [6.45, 7) is 0. The van der Waals surface area contributed by atoms with Crippen LogP contribution in [0.4, 0.5) is 0 Å². The maximum absolute atomic E-state index is 0. The van der Waals surface area contributed by atoms with Crippen molar-refractivity contribution in [1.82, 2.24) is 0 Å². The van der Waals surface area contributed by atoms with E-state index in [-0.39, 0.29) is 165 Å². The Morgan fingerprint density at radius 1 is 1.00 bits per heavy atom. The van der Waals surface area contributed by atoms with Gasteiger partial charge in [0, 0.05) is 165 Å². The monoisotopic (exact) mass is 524 g/mol. The molecule has 0 aliphatic rings. The third-order valence-corrected chi connectivity index (χ3v) is 0. The molecular weight excluding hydrogens is 525 g/mol. The van der Waals surface area contributed by atoms with E-state index < -0.39 is 0 Å². The van der Waals surface area contributed by atoms with E-state index in [0.29, 0.717) is 0 Å². The average molecular weight is 525 g/mol. The summed E-state index contributed by atoms with van der Waals surface area (Å²) in [6, 6.07) is 0. The molecule has 0 N–H and O–H groups in total. The molecule has 0 aromatic carbocycles. The van der Waals surface area contributed by atoms with Crippen LogP contribution in [0.25, 0.3) is 0 Å². The molecule has 0 nitrogen and oxygen atoms in total. The summed E-state index contributed by atoms with van der Waals surface area (Å²) in [5, 5.41) is 0. The van der Waals surface area contributed by atoms with Gasteiger partial charge in [0.15, 0.2) is 0 Å². The van der Waals surface area contributed by atoms with Gasteiger partial charge in [0.05, 0.1) is 0 Å². The van der Waals surface area contributed by atoms with Crippen molar-refractivity contribution in [3.8, 4) is 0 Å². The van der Waals surface area contributed by atoms with Crippen LogP contribution in [-0.4, -0.2) is 0 Å². The van der Waals surface area contributed by atoms with Gasteiger partial charge >= 0.3 is 0 Å². The molecule has 0 rings (SSSR count). The Labute approximate surface area is 159 Å². The molecule has 0 aromatic rings. The summed E-state index contributed by atoms with van der Waals surface area (Å²) in [5.41, 5.74) is 0. The first-order valence-electron chi connectivity index (χ1n) is 0. The summed E-state index contributed by atoms with van der Waals surface area (Å²) in [6.07, 6.45) is 0. The van der Waals surface area contributed by atoms with E-state index in [2.05, 4.69) is 0 Å². The van der Waals surface area contributed by atoms with Crippen molar-refractivity contribution in [2.45, 2.75) is 0 Å². The van der Waals surface area contributed by atoms with E-state index in [1.807, 2.05) is 0 Å². The molecule has 0 aromatic heterocycles. The zero-order chi connectivity index (χ0) is 0. The first-order chi connectivity index (χ1) is 0. The van der Waals surface area contributed by atoms with E-state index in [0.717, 1.165) is 0 Å². The first kappa shape index (κ1) is 31.3. The van der Waals surface area contributed by atoms with Crippen LogP contribution in [0.5, 0.6) is 0 Å². The van der Waals surface area contributed by atoms with Crippen LogP contribution in [0.1, 0.15) is 0 Å². The van der Waals surface area contributed by atoms with Crippen molar-refractivity contribution in [2.75, 3.05) is 0 Å². The van der Waals surface area contributed by atoms with Crippen LogP contribution < -0.4 is 0 Å². The van der Waals surface area contributed by atoms with Gasteiger partial charge in [-0.3, -0.25) is 0 Å². The van der Waals surface area contributed by atoms with Crippen molar-refractivity contribution >= 4 is 0 Å². The molecule has 4 radical (unpaired) electrons. The van der Waals surface area contributed by atoms with E-state index in [9.17, 15) is 0 Å². The molecule has 5 heavy (non-hydrogen) atoms. The molecule has 0 fully saturated rings. The Bertz CT molecular complexity index is 11.6. The zero-order valence-electron chi connectivity index (χ0n) is 2.57. The summed E-state index contributed by atoms with van der Waals surface area (Å²) in [7, 11) is 0. The van der Waals surface area contributed by atoms with Gasteiger partial charge in [-0.15, -0.1) is 0 Å². The van der Waals surface area contributed by atoms with Crippen LogP contribution in [0.15, 0.2) is 0 Å². The van der Waals surface area contributed by atoms with Crippen molar-refractivity contribution in [3.05, 3.63) is 0 Å². The molecule has 0 unspecified atom stereocenters. The van der Waals surface area contributed by atoms with Gasteiger partial charge in [-0.1, -0.05) is 0 Å². The summed E-state index contributed by atoms with van der Waals surface area (Å²) in [5.74, 6) is 0. The average Bonchev–Trinajstić information content (AvgIpc) is 0. The molecule has 0 heterocycles. The van der Waals surface area contributed by atoms with Crippen LogP contribution in [0.3, 0.4) is 0 Å². The maximum atomic E-state index is 0. The topological polar surface area (TPSA) is 0 Å². The van der Waals surface area contributed by atoms with Crippen molar-refractivity contribution in [3.63, 3.8) is 0 Å². The van der Waals surface area contributed by atoms with Gasteiger partial charge in [-0.2, -0.15) is 0 Å². The van der Waals surface area contributed by atoms with E-state index in [1.165, 1.54) is 0 Å². The molecule has 0 saturated heterocycles. The minimum atomic E-state index is 0. The number of hydrogen-bond acceptors (Lipinski definition) is 0. The second kappa shape index (κ2) is 22.7. The second-order valence-corrected chi connectivity index (χ2v) is 0. The maximum Gasteiger partial charge on any atom is 0 e. The number of hydrogen-bond donors (Lipinski definition) is 0. The molecule has 0 atom stereocenters. The fraction of sp³-hybridized carbons (Fsp3) is 0. The van der Waals surface area contributed by atoms with Crippen molar-refractivity contribution < 1.29 is 165 Å². The summed E-state index contributed by atoms with van der Waals surface area (Å²) < 4.78 is 0. The van der Waals surface area contributed by atoms with Gasteiger partial charge in [0.25, 0.3) is 0 Å². The van der Waals surface area contributed by atoms with Crippen LogP contribution >= 0.6 is 0 Å². The Morgan fingerprint density at radius 2 is 1.00 bits per heavy atom.